The van der Waals surface area contributed by atoms with Gasteiger partial charge in [0.2, 0.25) is 9.70 Å². The topological polar surface area (TPSA) is 68.1 Å². The van der Waals surface area contributed by atoms with Crippen molar-refractivity contribution in [2.45, 2.75) is 37.2 Å². The van der Waals surface area contributed by atoms with E-state index in [0.29, 0.717) is 11.4 Å². The van der Waals surface area contributed by atoms with Crippen molar-refractivity contribution in [3.8, 4) is 5.69 Å². The number of aromatic nitrogens is 2. The summed E-state index contributed by atoms with van der Waals surface area (Å²) in [7, 11) is 1.76. The molecule has 27 heavy (non-hydrogen) atoms. The summed E-state index contributed by atoms with van der Waals surface area (Å²) in [6.45, 7) is 5.60. The number of hydrogen-bond acceptors (Lipinski definition) is 3. The lowest BCUT2D eigenvalue weighted by molar-refractivity contribution is -0.122. The minimum absolute atomic E-state index is 0.148. The van der Waals surface area contributed by atoms with Crippen molar-refractivity contribution in [2.24, 2.45) is 13.0 Å². The molecule has 0 saturated heterocycles. The van der Waals surface area contributed by atoms with Gasteiger partial charge < -0.3 is 10.6 Å². The van der Waals surface area contributed by atoms with Crippen LogP contribution in [0.1, 0.15) is 26.0 Å². The predicted molar refractivity (Wildman–Crippen MR) is 111 cm³/mol. The van der Waals surface area contributed by atoms with Crippen LogP contribution >= 0.6 is 34.8 Å². The number of nitrogens with one attached hydrogen (secondary N) is 2. The third kappa shape index (κ3) is 5.21. The Kier molecular flexibility index (Phi) is 6.89. The van der Waals surface area contributed by atoms with Gasteiger partial charge in [-0.25, -0.2) is 4.68 Å². The van der Waals surface area contributed by atoms with Crippen LogP contribution < -0.4 is 16.2 Å². The Morgan fingerprint density at radius 3 is 2.30 bits per heavy atom. The molecule has 2 aromatic rings. The highest BCUT2D eigenvalue weighted by molar-refractivity contribution is 6.68. The molecule has 1 heterocycles. The first-order valence-corrected chi connectivity index (χ1v) is 9.62. The van der Waals surface area contributed by atoms with Crippen molar-refractivity contribution in [2.75, 3.05) is 5.32 Å². The van der Waals surface area contributed by atoms with Gasteiger partial charge in [0, 0.05) is 13.5 Å². The highest BCUT2D eigenvalue weighted by atomic mass is 35.6. The highest BCUT2D eigenvalue weighted by Crippen LogP contribution is 2.31. The first kappa shape index (κ1) is 21.7. The van der Waals surface area contributed by atoms with Gasteiger partial charge in [-0.1, -0.05) is 66.8 Å². The standard InChI is InChI=1S/C18H23Cl3N4O2/c1-11(2)10-14(26)22-17(18(19,20)21)23-15-12(3)24(4)25(16(15)27)13-8-6-5-7-9-13/h5-9,11,17,23H,10H2,1-4H3,(H,22,26)/t17-/m1/s1. The van der Waals surface area contributed by atoms with Crippen LogP contribution in [0.5, 0.6) is 0 Å². The van der Waals surface area contributed by atoms with Gasteiger partial charge in [-0.15, -0.1) is 0 Å². The maximum Gasteiger partial charge on any atom is 0.295 e. The second-order valence-electron chi connectivity index (χ2n) is 6.72. The first-order valence-electron chi connectivity index (χ1n) is 8.49. The van der Waals surface area contributed by atoms with Gasteiger partial charge in [0.25, 0.3) is 5.56 Å². The van der Waals surface area contributed by atoms with E-state index in [9.17, 15) is 9.59 Å². The molecule has 1 aromatic heterocycles. The molecule has 2 rings (SSSR count). The molecular weight excluding hydrogens is 411 g/mol. The molecule has 0 aliphatic rings. The fourth-order valence-corrected chi connectivity index (χ4v) is 3.00. The van der Waals surface area contributed by atoms with E-state index >= 15 is 0 Å². The molecule has 0 radical (unpaired) electrons. The van der Waals surface area contributed by atoms with Crippen molar-refractivity contribution in [3.63, 3.8) is 0 Å². The molecule has 0 unspecified atom stereocenters. The van der Waals surface area contributed by atoms with Crippen LogP contribution in [0.2, 0.25) is 0 Å². The van der Waals surface area contributed by atoms with Crippen LogP contribution in [0.25, 0.3) is 5.69 Å². The van der Waals surface area contributed by atoms with Gasteiger partial charge in [-0.2, -0.15) is 0 Å². The summed E-state index contributed by atoms with van der Waals surface area (Å²) in [6.07, 6.45) is -0.784. The van der Waals surface area contributed by atoms with E-state index in [2.05, 4.69) is 10.6 Å². The van der Waals surface area contributed by atoms with Gasteiger partial charge in [0.1, 0.15) is 11.9 Å². The minimum atomic E-state index is -1.85. The first-order chi connectivity index (χ1) is 12.5. The number of carbonyl (C=O) groups excluding carboxylic acids is 1. The minimum Gasteiger partial charge on any atom is -0.356 e. The molecule has 6 nitrogen and oxygen atoms in total. The quantitative estimate of drug-likeness (QED) is 0.538. The lowest BCUT2D eigenvalue weighted by atomic mass is 10.1. The normalized spacial score (nSPS) is 12.9. The zero-order chi connectivity index (χ0) is 20.4. The average Bonchev–Trinajstić information content (AvgIpc) is 2.77. The SMILES string of the molecule is Cc1c(N[C@@H](NC(=O)CC(C)C)C(Cl)(Cl)Cl)c(=O)n(-c2ccccc2)n1C. The van der Waals surface area contributed by atoms with Crippen LogP contribution in [-0.2, 0) is 11.8 Å². The van der Waals surface area contributed by atoms with Crippen molar-refractivity contribution in [1.29, 1.82) is 0 Å². The molecule has 148 valence electrons. The fourth-order valence-electron chi connectivity index (χ4n) is 2.67. The van der Waals surface area contributed by atoms with Gasteiger partial charge in [0.15, 0.2) is 0 Å². The molecule has 0 aliphatic carbocycles. The van der Waals surface area contributed by atoms with E-state index < -0.39 is 9.96 Å². The second-order valence-corrected chi connectivity index (χ2v) is 9.09. The number of alkyl halides is 3. The number of carbonyl (C=O) groups is 1. The van der Waals surface area contributed by atoms with Crippen molar-refractivity contribution in [1.82, 2.24) is 14.7 Å². The number of anilines is 1. The lowest BCUT2D eigenvalue weighted by Crippen LogP contribution is -2.50. The summed E-state index contributed by atoms with van der Waals surface area (Å²) in [4.78, 5) is 25.1. The Balaban J connectivity index is 2.39. The smallest absolute Gasteiger partial charge is 0.295 e. The summed E-state index contributed by atoms with van der Waals surface area (Å²) in [5, 5.41) is 5.57. The molecule has 1 aromatic carbocycles. The fraction of sp³-hybridized carbons (Fsp3) is 0.444. The molecular formula is C18H23Cl3N4O2. The number of amides is 1. The van der Waals surface area contributed by atoms with E-state index in [1.165, 1.54) is 4.68 Å². The lowest BCUT2D eigenvalue weighted by Gasteiger charge is -2.27. The summed E-state index contributed by atoms with van der Waals surface area (Å²) in [5.41, 5.74) is 1.29. The number of nitrogens with zero attached hydrogens (tertiary/aromatic N) is 2. The molecule has 0 bridgehead atoms. The summed E-state index contributed by atoms with van der Waals surface area (Å²) in [6, 6.07) is 9.19. The molecule has 1 amide bonds. The van der Waals surface area contributed by atoms with E-state index in [1.807, 2.05) is 44.2 Å². The van der Waals surface area contributed by atoms with Crippen LogP contribution in [-0.4, -0.2) is 25.2 Å². The van der Waals surface area contributed by atoms with E-state index in [1.54, 1.807) is 18.7 Å². The maximum absolute atomic E-state index is 13.0. The second kappa shape index (κ2) is 8.59. The van der Waals surface area contributed by atoms with E-state index in [4.69, 9.17) is 34.8 Å². The molecule has 0 aliphatic heterocycles. The monoisotopic (exact) mass is 432 g/mol. The largest absolute Gasteiger partial charge is 0.356 e. The molecule has 0 spiro atoms. The van der Waals surface area contributed by atoms with Crippen LogP contribution in [0.3, 0.4) is 0 Å². The zero-order valence-corrected chi connectivity index (χ0v) is 17.9. The van der Waals surface area contributed by atoms with Crippen LogP contribution in [0.4, 0.5) is 5.69 Å². The summed E-state index contributed by atoms with van der Waals surface area (Å²) in [5.74, 6) is -0.124. The molecule has 1 atom stereocenters. The number of rotatable bonds is 6. The molecule has 9 heteroatoms. The third-order valence-electron chi connectivity index (χ3n) is 4.07. The molecule has 2 N–H and O–H groups in total. The van der Waals surface area contributed by atoms with Crippen molar-refractivity contribution >= 4 is 46.4 Å². The molecule has 0 saturated carbocycles. The Bertz CT molecular complexity index is 854. The maximum atomic E-state index is 13.0. The summed E-state index contributed by atoms with van der Waals surface area (Å²) < 4.78 is 1.35. The van der Waals surface area contributed by atoms with Crippen molar-refractivity contribution < 1.29 is 4.79 Å². The van der Waals surface area contributed by atoms with Gasteiger partial charge >= 0.3 is 0 Å². The number of para-hydroxylation sites is 1. The Hall–Kier alpha value is -1.63. The van der Waals surface area contributed by atoms with Gasteiger partial charge in [0.05, 0.1) is 11.4 Å². The number of hydrogen-bond donors (Lipinski definition) is 2. The number of halogens is 3. The van der Waals surface area contributed by atoms with Gasteiger partial charge in [-0.3, -0.25) is 14.3 Å². The predicted octanol–water partition coefficient (Wildman–Crippen LogP) is 3.75. The van der Waals surface area contributed by atoms with Crippen molar-refractivity contribution in [3.05, 3.63) is 46.4 Å². The Morgan fingerprint density at radius 2 is 1.78 bits per heavy atom. The zero-order valence-electron chi connectivity index (χ0n) is 15.6. The molecule has 0 fully saturated rings. The van der Waals surface area contributed by atoms with E-state index in [0.717, 1.165) is 0 Å². The third-order valence-corrected chi connectivity index (χ3v) is 4.72. The Labute approximate surface area is 173 Å². The summed E-state index contributed by atoms with van der Waals surface area (Å²) >= 11 is 18.1. The average molecular weight is 434 g/mol. The van der Waals surface area contributed by atoms with Gasteiger partial charge in [-0.05, 0) is 25.0 Å². The Morgan fingerprint density at radius 1 is 1.19 bits per heavy atom. The van der Waals surface area contributed by atoms with Crippen LogP contribution in [0, 0.1) is 12.8 Å². The van der Waals surface area contributed by atoms with E-state index in [-0.39, 0.29) is 29.5 Å². The highest BCUT2D eigenvalue weighted by Gasteiger charge is 2.35. The van der Waals surface area contributed by atoms with Crippen LogP contribution in [0.15, 0.2) is 35.1 Å². The number of benzene rings is 1.